The van der Waals surface area contributed by atoms with Gasteiger partial charge in [0.2, 0.25) is 5.91 Å². The molecule has 1 aromatic rings. The van der Waals surface area contributed by atoms with Crippen LogP contribution in [-0.4, -0.2) is 37.0 Å². The quantitative estimate of drug-likeness (QED) is 0.858. The van der Waals surface area contributed by atoms with Crippen molar-refractivity contribution in [2.75, 3.05) is 26.2 Å². The van der Waals surface area contributed by atoms with Gasteiger partial charge in [-0.05, 0) is 37.1 Å². The molecule has 1 heterocycles. The molecule has 0 aromatic heterocycles. The van der Waals surface area contributed by atoms with E-state index >= 15 is 0 Å². The average Bonchev–Trinajstić information content (AvgIpc) is 2.45. The summed E-state index contributed by atoms with van der Waals surface area (Å²) in [7, 11) is 0. The molecular weight excluding hydrogens is 318 g/mol. The van der Waals surface area contributed by atoms with Crippen LogP contribution < -0.4 is 11.1 Å². The summed E-state index contributed by atoms with van der Waals surface area (Å²) >= 11 is 3.50. The molecule has 4 nitrogen and oxygen atoms in total. The van der Waals surface area contributed by atoms with Gasteiger partial charge < -0.3 is 11.1 Å². The second-order valence-corrected chi connectivity index (χ2v) is 6.20. The Morgan fingerprint density at radius 3 is 3.10 bits per heavy atom. The van der Waals surface area contributed by atoms with E-state index in [2.05, 4.69) is 44.3 Å². The second-order valence-electron chi connectivity index (χ2n) is 5.28. The van der Waals surface area contributed by atoms with Crippen molar-refractivity contribution in [3.8, 4) is 0 Å². The third-order valence-corrected chi connectivity index (χ3v) is 4.11. The zero-order valence-electron chi connectivity index (χ0n) is 11.6. The number of carbonyl (C=O) groups is 1. The maximum atomic E-state index is 12.0. The van der Waals surface area contributed by atoms with Gasteiger partial charge >= 0.3 is 0 Å². The Morgan fingerprint density at radius 2 is 2.35 bits per heavy atom. The van der Waals surface area contributed by atoms with E-state index in [1.807, 2.05) is 6.07 Å². The van der Waals surface area contributed by atoms with E-state index in [0.29, 0.717) is 13.1 Å². The molecule has 1 fully saturated rings. The number of nitrogens with two attached hydrogens (primary N) is 1. The van der Waals surface area contributed by atoms with Crippen LogP contribution in [0.15, 0.2) is 28.7 Å². The molecular formula is C15H22BrN3O. The van der Waals surface area contributed by atoms with Crippen molar-refractivity contribution in [3.05, 3.63) is 34.3 Å². The third kappa shape index (κ3) is 4.58. The first-order valence-corrected chi connectivity index (χ1v) is 7.93. The standard InChI is InChI=1S/C15H22BrN3O/c16-14-5-1-3-12(9-14)10-19-8-2-4-13(11-19)15(20)18-7-6-17/h1,3,5,9,13H,2,4,6-8,10-11,17H2,(H,18,20). The van der Waals surface area contributed by atoms with Crippen LogP contribution in [0, 0.1) is 5.92 Å². The molecule has 0 bridgehead atoms. The van der Waals surface area contributed by atoms with E-state index in [9.17, 15) is 4.79 Å². The molecule has 1 saturated heterocycles. The van der Waals surface area contributed by atoms with E-state index in [4.69, 9.17) is 5.73 Å². The second kappa shape index (κ2) is 7.76. The van der Waals surface area contributed by atoms with Crippen LogP contribution in [-0.2, 0) is 11.3 Å². The Labute approximate surface area is 128 Å². The summed E-state index contributed by atoms with van der Waals surface area (Å²) in [5, 5.41) is 2.90. The average molecular weight is 340 g/mol. The number of halogens is 1. The van der Waals surface area contributed by atoms with Crippen molar-refractivity contribution < 1.29 is 4.79 Å². The van der Waals surface area contributed by atoms with Gasteiger partial charge in [0.1, 0.15) is 0 Å². The molecule has 20 heavy (non-hydrogen) atoms. The van der Waals surface area contributed by atoms with Crippen molar-refractivity contribution in [2.24, 2.45) is 11.7 Å². The predicted octanol–water partition coefficient (Wildman–Crippen LogP) is 1.74. The van der Waals surface area contributed by atoms with Crippen molar-refractivity contribution in [1.29, 1.82) is 0 Å². The number of benzene rings is 1. The first-order valence-electron chi connectivity index (χ1n) is 7.13. The molecule has 0 aliphatic carbocycles. The Hall–Kier alpha value is -0.910. The Kier molecular flexibility index (Phi) is 6.01. The minimum atomic E-state index is 0.0995. The van der Waals surface area contributed by atoms with E-state index in [-0.39, 0.29) is 11.8 Å². The molecule has 1 aliphatic rings. The van der Waals surface area contributed by atoms with E-state index < -0.39 is 0 Å². The van der Waals surface area contributed by atoms with Gasteiger partial charge in [0, 0.05) is 30.7 Å². The van der Waals surface area contributed by atoms with E-state index in [1.54, 1.807) is 0 Å². The number of carbonyl (C=O) groups excluding carboxylic acids is 1. The molecule has 1 aliphatic heterocycles. The summed E-state index contributed by atoms with van der Waals surface area (Å²) in [6, 6.07) is 8.35. The zero-order chi connectivity index (χ0) is 14.4. The van der Waals surface area contributed by atoms with Crippen molar-refractivity contribution in [1.82, 2.24) is 10.2 Å². The minimum absolute atomic E-state index is 0.0995. The fourth-order valence-electron chi connectivity index (χ4n) is 2.65. The smallest absolute Gasteiger partial charge is 0.224 e. The van der Waals surface area contributed by atoms with E-state index in [0.717, 1.165) is 36.9 Å². The highest BCUT2D eigenvalue weighted by Gasteiger charge is 2.25. The molecule has 5 heteroatoms. The maximum absolute atomic E-state index is 12.0. The van der Waals surface area contributed by atoms with Gasteiger partial charge in [0.15, 0.2) is 0 Å². The van der Waals surface area contributed by atoms with Gasteiger partial charge in [0.05, 0.1) is 5.92 Å². The van der Waals surface area contributed by atoms with Crippen LogP contribution in [0.3, 0.4) is 0 Å². The molecule has 1 unspecified atom stereocenters. The highest BCUT2D eigenvalue weighted by Crippen LogP contribution is 2.20. The lowest BCUT2D eigenvalue weighted by Crippen LogP contribution is -2.43. The Morgan fingerprint density at radius 1 is 1.50 bits per heavy atom. The van der Waals surface area contributed by atoms with Gasteiger partial charge in [-0.25, -0.2) is 0 Å². The van der Waals surface area contributed by atoms with Gasteiger partial charge in [-0.2, -0.15) is 0 Å². The number of hydrogen-bond acceptors (Lipinski definition) is 3. The molecule has 0 radical (unpaired) electrons. The largest absolute Gasteiger partial charge is 0.355 e. The summed E-state index contributed by atoms with van der Waals surface area (Å²) < 4.78 is 1.10. The highest BCUT2D eigenvalue weighted by atomic mass is 79.9. The summed E-state index contributed by atoms with van der Waals surface area (Å²) in [5.41, 5.74) is 6.70. The summed E-state index contributed by atoms with van der Waals surface area (Å²) in [4.78, 5) is 14.4. The highest BCUT2D eigenvalue weighted by molar-refractivity contribution is 9.10. The lowest BCUT2D eigenvalue weighted by molar-refractivity contribution is -0.126. The lowest BCUT2D eigenvalue weighted by atomic mass is 9.96. The fraction of sp³-hybridized carbons (Fsp3) is 0.533. The third-order valence-electron chi connectivity index (χ3n) is 3.62. The van der Waals surface area contributed by atoms with Crippen LogP contribution in [0.2, 0.25) is 0 Å². The Bertz CT molecular complexity index is 452. The Balaban J connectivity index is 1.88. The molecule has 1 aromatic carbocycles. The molecule has 0 spiro atoms. The molecule has 1 amide bonds. The van der Waals surface area contributed by atoms with Gasteiger partial charge in [0.25, 0.3) is 0 Å². The zero-order valence-corrected chi connectivity index (χ0v) is 13.2. The number of rotatable bonds is 5. The predicted molar refractivity (Wildman–Crippen MR) is 84.2 cm³/mol. The number of hydrogen-bond donors (Lipinski definition) is 2. The maximum Gasteiger partial charge on any atom is 0.224 e. The molecule has 110 valence electrons. The van der Waals surface area contributed by atoms with Crippen molar-refractivity contribution in [3.63, 3.8) is 0 Å². The van der Waals surface area contributed by atoms with Crippen LogP contribution >= 0.6 is 15.9 Å². The number of nitrogens with one attached hydrogen (secondary N) is 1. The SMILES string of the molecule is NCCNC(=O)C1CCCN(Cc2cccc(Br)c2)C1. The van der Waals surface area contributed by atoms with Crippen LogP contribution in [0.4, 0.5) is 0 Å². The summed E-state index contributed by atoms with van der Waals surface area (Å²) in [6.45, 7) is 3.87. The monoisotopic (exact) mass is 339 g/mol. The number of piperidine rings is 1. The van der Waals surface area contributed by atoms with Gasteiger partial charge in [-0.3, -0.25) is 9.69 Å². The topological polar surface area (TPSA) is 58.4 Å². The lowest BCUT2D eigenvalue weighted by Gasteiger charge is -2.32. The van der Waals surface area contributed by atoms with Crippen molar-refractivity contribution in [2.45, 2.75) is 19.4 Å². The van der Waals surface area contributed by atoms with Crippen LogP contribution in [0.25, 0.3) is 0 Å². The fourth-order valence-corrected chi connectivity index (χ4v) is 3.09. The van der Waals surface area contributed by atoms with Gasteiger partial charge in [-0.15, -0.1) is 0 Å². The number of amides is 1. The normalized spacial score (nSPS) is 19.8. The first-order chi connectivity index (χ1) is 9.69. The van der Waals surface area contributed by atoms with Crippen molar-refractivity contribution >= 4 is 21.8 Å². The van der Waals surface area contributed by atoms with Crippen LogP contribution in [0.1, 0.15) is 18.4 Å². The summed E-state index contributed by atoms with van der Waals surface area (Å²) in [5.74, 6) is 0.247. The molecule has 3 N–H and O–H groups in total. The first kappa shape index (κ1) is 15.5. The molecule has 1 atom stereocenters. The van der Waals surface area contributed by atoms with E-state index in [1.165, 1.54) is 5.56 Å². The summed E-state index contributed by atoms with van der Waals surface area (Å²) in [6.07, 6.45) is 2.06. The minimum Gasteiger partial charge on any atom is -0.355 e. The number of likely N-dealkylation sites (tertiary alicyclic amines) is 1. The van der Waals surface area contributed by atoms with Gasteiger partial charge in [-0.1, -0.05) is 28.1 Å². The molecule has 2 rings (SSSR count). The number of nitrogens with zero attached hydrogens (tertiary/aromatic N) is 1. The molecule has 0 saturated carbocycles. The van der Waals surface area contributed by atoms with Crippen LogP contribution in [0.5, 0.6) is 0 Å².